The summed E-state index contributed by atoms with van der Waals surface area (Å²) in [7, 11) is 2.59. The Hall–Kier alpha value is -5.66. The van der Waals surface area contributed by atoms with Gasteiger partial charge in [0.25, 0.3) is 0 Å². The lowest BCUT2D eigenvalue weighted by Crippen LogP contribution is -2.53. The molecule has 3 fully saturated rings. The number of nitrogens with one attached hydrogen (secondary N) is 4. The van der Waals surface area contributed by atoms with E-state index in [1.54, 1.807) is 0 Å². The molecule has 4 aromatic rings. The molecule has 2 aromatic carbocycles. The fourth-order valence-corrected chi connectivity index (χ4v) is 8.55. The lowest BCUT2D eigenvalue weighted by atomic mass is 10.0. The Morgan fingerprint density at radius 1 is 0.649 bits per heavy atom. The summed E-state index contributed by atoms with van der Waals surface area (Å²) in [5.41, 5.74) is 5.80. The first kappa shape index (κ1) is 39.6. The molecule has 2 aromatic heterocycles. The number of nitrogens with zero attached hydrogens (tertiary/aromatic N) is 4. The number of benzene rings is 2. The predicted octanol–water partition coefficient (Wildman–Crippen LogP) is 6.85. The number of H-pyrrole nitrogens is 2. The van der Waals surface area contributed by atoms with Crippen LogP contribution in [0.3, 0.4) is 0 Å². The van der Waals surface area contributed by atoms with Crippen molar-refractivity contribution in [3.8, 4) is 33.6 Å². The number of hydrogen-bond donors (Lipinski definition) is 4. The van der Waals surface area contributed by atoms with Crippen molar-refractivity contribution in [1.29, 1.82) is 0 Å². The van der Waals surface area contributed by atoms with Crippen LogP contribution in [0.25, 0.3) is 33.6 Å². The van der Waals surface area contributed by atoms with Crippen LogP contribution >= 0.6 is 0 Å². The van der Waals surface area contributed by atoms with Crippen molar-refractivity contribution in [3.63, 3.8) is 0 Å². The smallest absolute Gasteiger partial charge is 0.407 e. The Bertz CT molecular complexity index is 2090. The van der Waals surface area contributed by atoms with Gasteiger partial charge in [0, 0.05) is 12.1 Å². The molecule has 4 amide bonds. The molecule has 0 spiro atoms. The lowest BCUT2D eigenvalue weighted by molar-refractivity contribution is -0.138. The number of methoxy groups -OCH3 is 2. The SMILES string of the molecule is COC(=O)N[C@H](C(=O)N1C(c2ncc(-c3ccc(-c4ccc(-c5cnc(C6C[C@@H]7C[C@@H]7N6C(=O)[C@@H](NC(=O)OC)C(C)C)[nH]5)cc4)cc3)[nH]2)CC(C)[C@@H]1C)C(C)C. The molecule has 2 saturated heterocycles. The molecule has 4 heterocycles. The van der Waals surface area contributed by atoms with Crippen molar-refractivity contribution in [2.75, 3.05) is 14.2 Å². The summed E-state index contributed by atoms with van der Waals surface area (Å²) in [6, 6.07) is 14.9. The van der Waals surface area contributed by atoms with Gasteiger partial charge in [-0.2, -0.15) is 0 Å². The number of imidazole rings is 2. The number of fused-ring (bicyclic) bond motifs is 1. The van der Waals surface area contributed by atoms with Gasteiger partial charge in [0.1, 0.15) is 23.7 Å². The van der Waals surface area contributed by atoms with E-state index in [4.69, 9.17) is 19.4 Å². The molecule has 14 heteroatoms. The zero-order valence-corrected chi connectivity index (χ0v) is 33.9. The average molecular weight is 779 g/mol. The van der Waals surface area contributed by atoms with Gasteiger partial charge < -0.3 is 39.9 Å². The third-order valence-electron chi connectivity index (χ3n) is 12.1. The number of piperidine rings is 1. The van der Waals surface area contributed by atoms with Crippen LogP contribution < -0.4 is 10.6 Å². The minimum Gasteiger partial charge on any atom is -0.453 e. The first-order valence-corrected chi connectivity index (χ1v) is 19.9. The molecule has 0 bridgehead atoms. The third kappa shape index (κ3) is 7.86. The van der Waals surface area contributed by atoms with E-state index < -0.39 is 24.3 Å². The second kappa shape index (κ2) is 16.1. The number of amides is 4. The van der Waals surface area contributed by atoms with Crippen molar-refractivity contribution < 1.29 is 28.7 Å². The van der Waals surface area contributed by atoms with Gasteiger partial charge in [0.05, 0.1) is 50.1 Å². The number of likely N-dealkylation sites (tertiary alicyclic amines) is 2. The van der Waals surface area contributed by atoms with Gasteiger partial charge in [-0.15, -0.1) is 0 Å². The Morgan fingerprint density at radius 3 is 1.51 bits per heavy atom. The number of rotatable bonds is 11. The standard InChI is InChI=1S/C43H54N8O6/c1-22(2)36(48-42(54)56-7)40(52)50-25(6)24(5)17-34(50)38-44-20-31(46-38)28-13-9-26(10-14-28)27-11-15-29(16-12-27)32-21-45-39(47-32)35-19-30-18-33(30)51(35)41(53)37(23(3)4)49-43(55)57-8/h9-16,20-25,30,33-37H,17-19H2,1-8H3,(H,44,46)(H,45,47)(H,48,54)(H,49,55)/t24?,25-,30-,33-,34?,35?,36-,37-/m0/s1. The number of aromatic amines is 2. The molecule has 2 aliphatic heterocycles. The normalized spacial score (nSPS) is 23.6. The van der Waals surface area contributed by atoms with Crippen molar-refractivity contribution in [1.82, 2.24) is 40.4 Å². The van der Waals surface area contributed by atoms with Crippen LogP contribution in [0.2, 0.25) is 0 Å². The van der Waals surface area contributed by atoms with Crippen LogP contribution in [0.5, 0.6) is 0 Å². The second-order valence-corrected chi connectivity index (χ2v) is 16.5. The minimum atomic E-state index is -0.715. The molecule has 4 N–H and O–H groups in total. The van der Waals surface area contributed by atoms with Crippen molar-refractivity contribution >= 4 is 24.0 Å². The number of aromatic nitrogens is 4. The van der Waals surface area contributed by atoms with E-state index in [1.807, 2.05) is 56.8 Å². The highest BCUT2D eigenvalue weighted by atomic mass is 16.5. The molecule has 1 aliphatic carbocycles. The monoisotopic (exact) mass is 778 g/mol. The molecule has 302 valence electrons. The molecular weight excluding hydrogens is 725 g/mol. The van der Waals surface area contributed by atoms with Gasteiger partial charge >= 0.3 is 12.2 Å². The highest BCUT2D eigenvalue weighted by Gasteiger charge is 2.56. The Labute approximate surface area is 333 Å². The second-order valence-electron chi connectivity index (χ2n) is 16.5. The minimum absolute atomic E-state index is 0.0302. The maximum atomic E-state index is 13.9. The highest BCUT2D eigenvalue weighted by molar-refractivity contribution is 5.88. The van der Waals surface area contributed by atoms with Gasteiger partial charge in [-0.1, -0.05) is 83.1 Å². The predicted molar refractivity (Wildman–Crippen MR) is 214 cm³/mol. The maximum Gasteiger partial charge on any atom is 0.407 e. The van der Waals surface area contributed by atoms with E-state index in [-0.39, 0.29) is 53.7 Å². The van der Waals surface area contributed by atoms with Crippen LogP contribution in [0.15, 0.2) is 60.9 Å². The van der Waals surface area contributed by atoms with E-state index in [0.29, 0.717) is 5.92 Å². The fraction of sp³-hybridized carbons (Fsp3) is 0.488. The topological polar surface area (TPSA) is 175 Å². The van der Waals surface area contributed by atoms with Crippen molar-refractivity contribution in [2.24, 2.45) is 23.7 Å². The number of ether oxygens (including phenoxy) is 2. The molecule has 57 heavy (non-hydrogen) atoms. The zero-order valence-electron chi connectivity index (χ0n) is 33.9. The number of carbonyl (C=O) groups is 4. The summed E-state index contributed by atoms with van der Waals surface area (Å²) in [6.07, 6.45) is 4.96. The van der Waals surface area contributed by atoms with Crippen LogP contribution in [0, 0.1) is 23.7 Å². The quantitative estimate of drug-likeness (QED) is 0.128. The molecule has 3 aliphatic rings. The van der Waals surface area contributed by atoms with E-state index in [0.717, 1.165) is 64.6 Å². The van der Waals surface area contributed by atoms with E-state index in [9.17, 15) is 19.2 Å². The molecule has 14 nitrogen and oxygen atoms in total. The van der Waals surface area contributed by atoms with Crippen LogP contribution in [0.1, 0.15) is 84.5 Å². The first-order valence-electron chi connectivity index (χ1n) is 19.9. The molecular formula is C43H54N8O6. The molecule has 3 unspecified atom stereocenters. The summed E-state index contributed by atoms with van der Waals surface area (Å²) >= 11 is 0. The van der Waals surface area contributed by atoms with Gasteiger partial charge in [-0.05, 0) is 72.1 Å². The van der Waals surface area contributed by atoms with Gasteiger partial charge in [0.15, 0.2) is 0 Å². The summed E-state index contributed by atoms with van der Waals surface area (Å²) in [4.78, 5) is 72.0. The molecule has 8 atom stereocenters. The van der Waals surface area contributed by atoms with Gasteiger partial charge in [0.2, 0.25) is 11.8 Å². The largest absolute Gasteiger partial charge is 0.453 e. The lowest BCUT2D eigenvalue weighted by Gasteiger charge is -2.33. The van der Waals surface area contributed by atoms with E-state index >= 15 is 0 Å². The number of alkyl carbamates (subject to hydrolysis) is 2. The first-order chi connectivity index (χ1) is 27.3. The van der Waals surface area contributed by atoms with Gasteiger partial charge in [-0.3, -0.25) is 9.59 Å². The summed E-state index contributed by atoms with van der Waals surface area (Å²) in [6.45, 7) is 11.8. The Kier molecular flexibility index (Phi) is 11.2. The molecule has 0 radical (unpaired) electrons. The maximum absolute atomic E-state index is 13.9. The van der Waals surface area contributed by atoms with Crippen molar-refractivity contribution in [2.45, 2.75) is 97.1 Å². The highest BCUT2D eigenvalue weighted by Crippen LogP contribution is 2.53. The van der Waals surface area contributed by atoms with Crippen LogP contribution in [-0.4, -0.2) is 92.1 Å². The van der Waals surface area contributed by atoms with E-state index in [1.165, 1.54) is 14.2 Å². The summed E-state index contributed by atoms with van der Waals surface area (Å²) in [5, 5.41) is 5.46. The molecule has 1 saturated carbocycles. The van der Waals surface area contributed by atoms with E-state index in [2.05, 4.69) is 76.1 Å². The third-order valence-corrected chi connectivity index (χ3v) is 12.1. The zero-order chi connectivity index (χ0) is 40.7. The van der Waals surface area contributed by atoms with Crippen LogP contribution in [0.4, 0.5) is 9.59 Å². The summed E-state index contributed by atoms with van der Waals surface area (Å²) in [5.74, 6) is 1.69. The fourth-order valence-electron chi connectivity index (χ4n) is 8.55. The number of carbonyl (C=O) groups excluding carboxylic acids is 4. The Balaban J connectivity index is 1.03. The van der Waals surface area contributed by atoms with Crippen LogP contribution in [-0.2, 0) is 19.1 Å². The Morgan fingerprint density at radius 2 is 1.07 bits per heavy atom. The number of hydrogen-bond acceptors (Lipinski definition) is 8. The van der Waals surface area contributed by atoms with Gasteiger partial charge in [-0.25, -0.2) is 19.6 Å². The molecule has 7 rings (SSSR count). The van der Waals surface area contributed by atoms with Crippen molar-refractivity contribution in [3.05, 3.63) is 72.6 Å². The summed E-state index contributed by atoms with van der Waals surface area (Å²) < 4.78 is 9.59. The average Bonchev–Trinajstić information content (AvgIpc) is 3.64.